The Bertz CT molecular complexity index is 493. The molecule has 0 radical (unpaired) electrons. The number of thiazole rings is 1. The maximum Gasteiger partial charge on any atom is 0.123 e. The lowest BCUT2D eigenvalue weighted by Crippen LogP contribution is -2.12. The molecule has 4 heteroatoms. The van der Waals surface area contributed by atoms with Gasteiger partial charge in [-0.05, 0) is 44.2 Å². The second-order valence-electron chi connectivity index (χ2n) is 4.27. The van der Waals surface area contributed by atoms with Crippen LogP contribution in [0.25, 0.3) is 10.6 Å². The van der Waals surface area contributed by atoms with Gasteiger partial charge in [0.25, 0.3) is 0 Å². The Morgan fingerprint density at radius 1 is 1.21 bits per heavy atom. The van der Waals surface area contributed by atoms with Crippen LogP contribution in [0.2, 0.25) is 0 Å². The summed E-state index contributed by atoms with van der Waals surface area (Å²) < 4.78 is 5.44. The summed E-state index contributed by atoms with van der Waals surface area (Å²) in [7, 11) is 0. The van der Waals surface area contributed by atoms with Gasteiger partial charge in [-0.25, -0.2) is 4.98 Å². The van der Waals surface area contributed by atoms with Crippen molar-refractivity contribution in [3.05, 3.63) is 35.3 Å². The normalized spacial score (nSPS) is 10.6. The number of ether oxygens (including phenoxy) is 1. The van der Waals surface area contributed by atoms with Crippen LogP contribution in [0, 0.1) is 0 Å². The Labute approximate surface area is 118 Å². The monoisotopic (exact) mass is 276 g/mol. The summed E-state index contributed by atoms with van der Waals surface area (Å²) in [4.78, 5) is 5.75. The number of hydrogen-bond donors (Lipinski definition) is 1. The van der Waals surface area contributed by atoms with E-state index in [0.29, 0.717) is 6.61 Å². The summed E-state index contributed by atoms with van der Waals surface area (Å²) >= 11 is 1.74. The van der Waals surface area contributed by atoms with E-state index in [9.17, 15) is 0 Å². The molecule has 0 saturated carbocycles. The molecule has 0 fully saturated rings. The zero-order valence-electron chi connectivity index (χ0n) is 11.5. The molecule has 1 aromatic heterocycles. The molecule has 1 heterocycles. The quantitative estimate of drug-likeness (QED) is 0.783. The lowest BCUT2D eigenvalue weighted by Gasteiger charge is -2.03. The second kappa shape index (κ2) is 7.26. The molecule has 1 N–H and O–H groups in total. The first-order valence-corrected chi connectivity index (χ1v) is 7.53. The van der Waals surface area contributed by atoms with Crippen molar-refractivity contribution in [2.24, 2.45) is 0 Å². The van der Waals surface area contributed by atoms with Crippen molar-refractivity contribution < 1.29 is 4.74 Å². The number of hydrogen-bond acceptors (Lipinski definition) is 4. The molecule has 2 rings (SSSR count). The first-order valence-electron chi connectivity index (χ1n) is 6.72. The van der Waals surface area contributed by atoms with E-state index in [0.717, 1.165) is 35.8 Å². The predicted octanol–water partition coefficient (Wildman–Crippen LogP) is 3.71. The zero-order valence-corrected chi connectivity index (χ0v) is 12.3. The van der Waals surface area contributed by atoms with Crippen molar-refractivity contribution in [3.8, 4) is 16.3 Å². The molecule has 0 atom stereocenters. The van der Waals surface area contributed by atoms with Crippen LogP contribution in [0.5, 0.6) is 5.75 Å². The molecular weight excluding hydrogens is 256 g/mol. The average molecular weight is 276 g/mol. The van der Waals surface area contributed by atoms with Crippen molar-refractivity contribution in [2.75, 3.05) is 13.2 Å². The summed E-state index contributed by atoms with van der Waals surface area (Å²) in [5, 5.41) is 4.46. The fraction of sp³-hybridized carbons (Fsp3) is 0.400. The molecular formula is C15H20N2OS. The highest BCUT2D eigenvalue weighted by Gasteiger charge is 2.04. The summed E-state index contributed by atoms with van der Waals surface area (Å²) in [6.07, 6.45) is 3.11. The Balaban J connectivity index is 2.01. The molecule has 0 amide bonds. The number of rotatable bonds is 7. The van der Waals surface area contributed by atoms with Crippen molar-refractivity contribution >= 4 is 11.3 Å². The maximum absolute atomic E-state index is 5.44. The number of nitrogens with one attached hydrogen (secondary N) is 1. The molecule has 0 unspecified atom stereocenters. The van der Waals surface area contributed by atoms with Crippen molar-refractivity contribution in [1.82, 2.24) is 10.3 Å². The van der Waals surface area contributed by atoms with Crippen LogP contribution in [0.1, 0.15) is 25.1 Å². The standard InChI is InChI=1S/C15H20N2OS/c1-3-9-16-10-14-11-17-15(19-14)12-5-7-13(8-6-12)18-4-2/h5-8,11,16H,3-4,9-10H2,1-2H3. The highest BCUT2D eigenvalue weighted by atomic mass is 32.1. The molecule has 0 aliphatic rings. The largest absolute Gasteiger partial charge is 0.494 e. The van der Waals surface area contributed by atoms with Gasteiger partial charge in [-0.1, -0.05) is 6.92 Å². The summed E-state index contributed by atoms with van der Waals surface area (Å²) in [6.45, 7) is 6.82. The maximum atomic E-state index is 5.44. The van der Waals surface area contributed by atoms with E-state index in [2.05, 4.69) is 29.4 Å². The van der Waals surface area contributed by atoms with E-state index >= 15 is 0 Å². The highest BCUT2D eigenvalue weighted by Crippen LogP contribution is 2.26. The van der Waals surface area contributed by atoms with Gasteiger partial charge in [-0.3, -0.25) is 0 Å². The minimum Gasteiger partial charge on any atom is -0.494 e. The summed E-state index contributed by atoms with van der Waals surface area (Å²) in [6, 6.07) is 8.12. The third-order valence-electron chi connectivity index (χ3n) is 2.69. The lowest BCUT2D eigenvalue weighted by atomic mass is 10.2. The van der Waals surface area contributed by atoms with Crippen LogP contribution in [-0.4, -0.2) is 18.1 Å². The topological polar surface area (TPSA) is 34.2 Å². The van der Waals surface area contributed by atoms with Crippen molar-refractivity contribution in [1.29, 1.82) is 0 Å². The Kier molecular flexibility index (Phi) is 5.36. The van der Waals surface area contributed by atoms with Gasteiger partial charge in [0.1, 0.15) is 10.8 Å². The fourth-order valence-corrected chi connectivity index (χ4v) is 2.66. The lowest BCUT2D eigenvalue weighted by molar-refractivity contribution is 0.340. The average Bonchev–Trinajstić information content (AvgIpc) is 2.89. The van der Waals surface area contributed by atoms with Crippen LogP contribution in [0.4, 0.5) is 0 Å². The minimum absolute atomic E-state index is 0.698. The highest BCUT2D eigenvalue weighted by molar-refractivity contribution is 7.15. The molecule has 0 bridgehead atoms. The van der Waals surface area contributed by atoms with E-state index in [-0.39, 0.29) is 0 Å². The third kappa shape index (κ3) is 4.04. The molecule has 3 nitrogen and oxygen atoms in total. The second-order valence-corrected chi connectivity index (χ2v) is 5.38. The van der Waals surface area contributed by atoms with Crippen LogP contribution in [-0.2, 0) is 6.54 Å². The van der Waals surface area contributed by atoms with E-state index in [4.69, 9.17) is 4.74 Å². The van der Waals surface area contributed by atoms with Gasteiger partial charge in [-0.15, -0.1) is 11.3 Å². The van der Waals surface area contributed by atoms with Gasteiger partial charge >= 0.3 is 0 Å². The van der Waals surface area contributed by atoms with Crippen molar-refractivity contribution in [3.63, 3.8) is 0 Å². The SMILES string of the molecule is CCCNCc1cnc(-c2ccc(OCC)cc2)s1. The van der Waals surface area contributed by atoms with Gasteiger partial charge in [0.05, 0.1) is 6.61 Å². The van der Waals surface area contributed by atoms with E-state index < -0.39 is 0 Å². The number of nitrogens with zero attached hydrogens (tertiary/aromatic N) is 1. The summed E-state index contributed by atoms with van der Waals surface area (Å²) in [5.74, 6) is 0.910. The molecule has 19 heavy (non-hydrogen) atoms. The van der Waals surface area contributed by atoms with Gasteiger partial charge in [0.15, 0.2) is 0 Å². The van der Waals surface area contributed by atoms with E-state index in [1.807, 2.05) is 25.3 Å². The van der Waals surface area contributed by atoms with Crippen molar-refractivity contribution in [2.45, 2.75) is 26.8 Å². The first kappa shape index (κ1) is 14.0. The zero-order chi connectivity index (χ0) is 13.5. The third-order valence-corrected chi connectivity index (χ3v) is 3.74. The minimum atomic E-state index is 0.698. The van der Waals surface area contributed by atoms with Gasteiger partial charge in [-0.2, -0.15) is 0 Å². The predicted molar refractivity (Wildman–Crippen MR) is 80.7 cm³/mol. The first-order chi connectivity index (χ1) is 9.33. The molecule has 0 aliphatic heterocycles. The molecule has 1 aromatic carbocycles. The van der Waals surface area contributed by atoms with Crippen LogP contribution in [0.3, 0.4) is 0 Å². The molecule has 102 valence electrons. The Morgan fingerprint density at radius 3 is 2.68 bits per heavy atom. The van der Waals surface area contributed by atoms with Gasteiger partial charge in [0, 0.05) is 23.2 Å². The Hall–Kier alpha value is -1.39. The fourth-order valence-electron chi connectivity index (χ4n) is 1.77. The van der Waals surface area contributed by atoms with E-state index in [1.54, 1.807) is 11.3 Å². The van der Waals surface area contributed by atoms with Crippen LogP contribution >= 0.6 is 11.3 Å². The Morgan fingerprint density at radius 2 is 2.00 bits per heavy atom. The number of aromatic nitrogens is 1. The van der Waals surface area contributed by atoms with Gasteiger partial charge < -0.3 is 10.1 Å². The van der Waals surface area contributed by atoms with Crippen LogP contribution < -0.4 is 10.1 Å². The number of benzene rings is 1. The van der Waals surface area contributed by atoms with Crippen LogP contribution in [0.15, 0.2) is 30.5 Å². The van der Waals surface area contributed by atoms with Gasteiger partial charge in [0.2, 0.25) is 0 Å². The molecule has 0 aliphatic carbocycles. The molecule has 0 spiro atoms. The smallest absolute Gasteiger partial charge is 0.123 e. The molecule has 2 aromatic rings. The van der Waals surface area contributed by atoms with E-state index in [1.165, 1.54) is 4.88 Å². The molecule has 0 saturated heterocycles. The summed E-state index contributed by atoms with van der Waals surface area (Å²) in [5.41, 5.74) is 1.15.